The number of carboxylic acid groups (broad SMARTS) is 2. The van der Waals surface area contributed by atoms with Crippen molar-refractivity contribution >= 4 is 17.8 Å². The molecule has 3 N–H and O–H groups in total. The third kappa shape index (κ3) is 7.59. The molecule has 0 fully saturated rings. The molecule has 0 aliphatic carbocycles. The van der Waals surface area contributed by atoms with E-state index in [0.717, 1.165) is 22.3 Å². The molecule has 0 unspecified atom stereocenters. The Morgan fingerprint density at radius 3 is 1.79 bits per heavy atom. The van der Waals surface area contributed by atoms with Gasteiger partial charge in [0.15, 0.2) is 0 Å². The number of rotatable bonds is 12. The van der Waals surface area contributed by atoms with Crippen LogP contribution >= 0.6 is 0 Å². The molecule has 0 saturated heterocycles. The highest BCUT2D eigenvalue weighted by atomic mass is 16.4. The predicted molar refractivity (Wildman–Crippen MR) is 130 cm³/mol. The SMILES string of the molecule is O=C(O)CCNC(=O)[C@@H](Cc1ccc(-c2ccccc2)cc1)C[C@@H](Cc1ccccc1)C(=O)O. The van der Waals surface area contributed by atoms with Crippen molar-refractivity contribution in [1.29, 1.82) is 0 Å². The molecule has 3 aromatic carbocycles. The Morgan fingerprint density at radius 2 is 1.21 bits per heavy atom. The van der Waals surface area contributed by atoms with Gasteiger partial charge in [0.25, 0.3) is 0 Å². The maximum Gasteiger partial charge on any atom is 0.306 e. The Labute approximate surface area is 199 Å². The van der Waals surface area contributed by atoms with E-state index in [1.165, 1.54) is 0 Å². The number of hydrogen-bond donors (Lipinski definition) is 3. The fourth-order valence-electron chi connectivity index (χ4n) is 3.98. The quantitative estimate of drug-likeness (QED) is 0.372. The third-order valence-corrected chi connectivity index (χ3v) is 5.80. The van der Waals surface area contributed by atoms with Crippen LogP contribution < -0.4 is 5.32 Å². The van der Waals surface area contributed by atoms with E-state index in [-0.39, 0.29) is 25.3 Å². The van der Waals surface area contributed by atoms with E-state index < -0.39 is 23.8 Å². The van der Waals surface area contributed by atoms with E-state index in [2.05, 4.69) is 5.32 Å². The first-order valence-electron chi connectivity index (χ1n) is 11.3. The van der Waals surface area contributed by atoms with E-state index in [0.29, 0.717) is 12.8 Å². The standard InChI is InChI=1S/C28H29NO5/c30-26(31)15-16-29-27(32)24(19-25(28(33)34)18-20-7-3-1-4-8-20)17-21-11-13-23(14-12-21)22-9-5-2-6-10-22/h1-14,24-25H,15-19H2,(H,29,32)(H,30,31)(H,33,34)/t24-,25+/m0/s1. The van der Waals surface area contributed by atoms with Gasteiger partial charge in [0.05, 0.1) is 12.3 Å². The number of nitrogens with one attached hydrogen (secondary N) is 1. The predicted octanol–water partition coefficient (Wildman–Crippen LogP) is 4.44. The topological polar surface area (TPSA) is 104 Å². The summed E-state index contributed by atoms with van der Waals surface area (Å²) < 4.78 is 0. The van der Waals surface area contributed by atoms with Gasteiger partial charge in [-0.15, -0.1) is 0 Å². The van der Waals surface area contributed by atoms with Crippen molar-refractivity contribution < 1.29 is 24.6 Å². The zero-order chi connectivity index (χ0) is 24.3. The number of benzene rings is 3. The first kappa shape index (κ1) is 24.7. The normalized spacial score (nSPS) is 12.5. The maximum atomic E-state index is 12.9. The molecule has 0 heterocycles. The van der Waals surface area contributed by atoms with Gasteiger partial charge in [-0.25, -0.2) is 0 Å². The molecular formula is C28H29NO5. The van der Waals surface area contributed by atoms with Crippen LogP contribution in [0.4, 0.5) is 0 Å². The van der Waals surface area contributed by atoms with E-state index in [9.17, 15) is 19.5 Å². The molecule has 0 saturated carbocycles. The van der Waals surface area contributed by atoms with Crippen LogP contribution in [-0.2, 0) is 27.2 Å². The van der Waals surface area contributed by atoms with Crippen LogP contribution in [-0.4, -0.2) is 34.6 Å². The summed E-state index contributed by atoms with van der Waals surface area (Å²) in [6.07, 6.45) is 0.661. The van der Waals surface area contributed by atoms with Crippen molar-refractivity contribution in [3.8, 4) is 11.1 Å². The third-order valence-electron chi connectivity index (χ3n) is 5.80. The van der Waals surface area contributed by atoms with Gasteiger partial charge in [0.1, 0.15) is 0 Å². The molecule has 176 valence electrons. The molecule has 3 aromatic rings. The summed E-state index contributed by atoms with van der Waals surface area (Å²) in [4.78, 5) is 35.8. The monoisotopic (exact) mass is 459 g/mol. The summed E-state index contributed by atoms with van der Waals surface area (Å²) in [5, 5.41) is 21.4. The van der Waals surface area contributed by atoms with Crippen molar-refractivity contribution in [2.24, 2.45) is 11.8 Å². The Kier molecular flexibility index (Phi) is 8.97. The summed E-state index contributed by atoms with van der Waals surface area (Å²) >= 11 is 0. The average molecular weight is 460 g/mol. The van der Waals surface area contributed by atoms with Crippen molar-refractivity contribution in [1.82, 2.24) is 5.32 Å². The number of carboxylic acids is 2. The first-order chi connectivity index (χ1) is 16.4. The van der Waals surface area contributed by atoms with E-state index in [1.54, 1.807) is 0 Å². The van der Waals surface area contributed by atoms with Crippen LogP contribution in [0.25, 0.3) is 11.1 Å². The summed E-state index contributed by atoms with van der Waals surface area (Å²) in [7, 11) is 0. The highest BCUT2D eigenvalue weighted by Crippen LogP contribution is 2.24. The molecule has 6 nitrogen and oxygen atoms in total. The summed E-state index contributed by atoms with van der Waals surface area (Å²) in [5.41, 5.74) is 3.96. The molecule has 1 amide bonds. The minimum absolute atomic E-state index is 0.00797. The zero-order valence-corrected chi connectivity index (χ0v) is 18.9. The zero-order valence-electron chi connectivity index (χ0n) is 18.9. The lowest BCUT2D eigenvalue weighted by Gasteiger charge is -2.21. The second kappa shape index (κ2) is 12.3. The van der Waals surface area contributed by atoms with E-state index in [4.69, 9.17) is 5.11 Å². The Bertz CT molecular complexity index is 1080. The highest BCUT2D eigenvalue weighted by Gasteiger charge is 2.28. The van der Waals surface area contributed by atoms with Crippen LogP contribution in [0.1, 0.15) is 24.0 Å². The largest absolute Gasteiger partial charge is 0.481 e. The summed E-state index contributed by atoms with van der Waals surface area (Å²) in [5.74, 6) is -3.61. The summed E-state index contributed by atoms with van der Waals surface area (Å²) in [6.45, 7) is 0.00797. The van der Waals surface area contributed by atoms with Gasteiger partial charge in [-0.05, 0) is 41.5 Å². The molecule has 0 aromatic heterocycles. The molecule has 2 atom stereocenters. The van der Waals surface area contributed by atoms with Crippen LogP contribution in [0.2, 0.25) is 0 Å². The van der Waals surface area contributed by atoms with Crippen LogP contribution in [0.15, 0.2) is 84.9 Å². The lowest BCUT2D eigenvalue weighted by molar-refractivity contribution is -0.142. The second-order valence-corrected chi connectivity index (χ2v) is 8.36. The van der Waals surface area contributed by atoms with Gasteiger partial charge < -0.3 is 15.5 Å². The van der Waals surface area contributed by atoms with Gasteiger partial charge in [-0.1, -0.05) is 84.9 Å². The number of carbonyl (C=O) groups is 3. The molecule has 0 bridgehead atoms. The van der Waals surface area contributed by atoms with Crippen molar-refractivity contribution in [2.75, 3.05) is 6.54 Å². The van der Waals surface area contributed by atoms with Gasteiger partial charge in [-0.3, -0.25) is 14.4 Å². The molecule has 34 heavy (non-hydrogen) atoms. The number of aliphatic carboxylic acids is 2. The second-order valence-electron chi connectivity index (χ2n) is 8.36. The van der Waals surface area contributed by atoms with Crippen molar-refractivity contribution in [3.05, 3.63) is 96.1 Å². The van der Waals surface area contributed by atoms with Crippen LogP contribution in [0, 0.1) is 11.8 Å². The first-order valence-corrected chi connectivity index (χ1v) is 11.3. The number of amides is 1. The minimum atomic E-state index is -0.999. The Hall–Kier alpha value is -3.93. The van der Waals surface area contributed by atoms with Gasteiger partial charge in [0.2, 0.25) is 5.91 Å². The number of hydrogen-bond acceptors (Lipinski definition) is 3. The molecule has 3 rings (SSSR count). The average Bonchev–Trinajstić information content (AvgIpc) is 2.84. The smallest absolute Gasteiger partial charge is 0.306 e. The van der Waals surface area contributed by atoms with Gasteiger partial charge in [-0.2, -0.15) is 0 Å². The number of carbonyl (C=O) groups excluding carboxylic acids is 1. The Morgan fingerprint density at radius 1 is 0.676 bits per heavy atom. The highest BCUT2D eigenvalue weighted by molar-refractivity contribution is 5.81. The molecule has 0 aliphatic heterocycles. The van der Waals surface area contributed by atoms with Gasteiger partial charge >= 0.3 is 11.9 Å². The van der Waals surface area contributed by atoms with Crippen LogP contribution in [0.3, 0.4) is 0 Å². The van der Waals surface area contributed by atoms with E-state index >= 15 is 0 Å². The van der Waals surface area contributed by atoms with Gasteiger partial charge in [0, 0.05) is 12.5 Å². The molecular weight excluding hydrogens is 430 g/mol. The molecule has 6 heteroatoms. The fraction of sp³-hybridized carbons (Fsp3) is 0.250. The molecule has 0 aliphatic rings. The van der Waals surface area contributed by atoms with Crippen LogP contribution in [0.5, 0.6) is 0 Å². The maximum absolute atomic E-state index is 12.9. The Balaban J connectivity index is 1.76. The minimum Gasteiger partial charge on any atom is -0.481 e. The van der Waals surface area contributed by atoms with E-state index in [1.807, 2.05) is 84.9 Å². The fourth-order valence-corrected chi connectivity index (χ4v) is 3.98. The molecule has 0 radical (unpaired) electrons. The van der Waals surface area contributed by atoms with Crippen molar-refractivity contribution in [3.63, 3.8) is 0 Å². The molecule has 0 spiro atoms. The van der Waals surface area contributed by atoms with Crippen molar-refractivity contribution in [2.45, 2.75) is 25.7 Å². The lowest BCUT2D eigenvalue weighted by atomic mass is 9.85. The summed E-state index contributed by atoms with van der Waals surface area (Å²) in [6, 6.07) is 27.2. The lowest BCUT2D eigenvalue weighted by Crippen LogP contribution is -2.36.